The molecule has 0 saturated heterocycles. The van der Waals surface area contributed by atoms with Crippen LogP contribution in [0.4, 0.5) is 0 Å². The van der Waals surface area contributed by atoms with Crippen LogP contribution in [0.25, 0.3) is 17.5 Å². The van der Waals surface area contributed by atoms with Crippen molar-refractivity contribution in [2.75, 3.05) is 27.4 Å². The van der Waals surface area contributed by atoms with E-state index >= 15 is 0 Å². The number of benzene rings is 2. The minimum atomic E-state index is -1.20. The number of aliphatic carboxylic acids is 1. The maximum Gasteiger partial charge on any atom is 0.344 e. The average molecular weight is 487 g/mol. The Kier molecular flexibility index (Phi) is 8.52. The SMILES string of the molecule is CCOC(=O)COc1ccccc1/C=C(\Sc1nnc(-c2cc(OC)cc(OC)c2)o1)C(=O)O. The summed E-state index contributed by atoms with van der Waals surface area (Å²) in [5.74, 6) is -0.165. The molecule has 3 aromatic rings. The van der Waals surface area contributed by atoms with Gasteiger partial charge in [0, 0.05) is 17.2 Å². The Morgan fingerprint density at radius 1 is 1.09 bits per heavy atom. The van der Waals surface area contributed by atoms with Crippen LogP contribution in [-0.4, -0.2) is 54.7 Å². The first-order chi connectivity index (χ1) is 16.4. The van der Waals surface area contributed by atoms with Gasteiger partial charge >= 0.3 is 11.9 Å². The molecular weight excluding hydrogens is 464 g/mol. The third kappa shape index (κ3) is 6.51. The van der Waals surface area contributed by atoms with E-state index in [0.717, 1.165) is 11.8 Å². The van der Waals surface area contributed by atoms with E-state index in [2.05, 4.69) is 10.2 Å². The summed E-state index contributed by atoms with van der Waals surface area (Å²) < 4.78 is 26.5. The molecule has 3 rings (SSSR count). The zero-order valence-corrected chi connectivity index (χ0v) is 19.5. The maximum absolute atomic E-state index is 11.9. The Balaban J connectivity index is 1.83. The van der Waals surface area contributed by atoms with Crippen molar-refractivity contribution >= 4 is 29.8 Å². The van der Waals surface area contributed by atoms with Gasteiger partial charge in [-0.1, -0.05) is 18.2 Å². The molecule has 11 heteroatoms. The lowest BCUT2D eigenvalue weighted by atomic mass is 10.2. The third-order valence-electron chi connectivity index (χ3n) is 4.27. The Morgan fingerprint density at radius 2 is 1.79 bits per heavy atom. The van der Waals surface area contributed by atoms with Crippen molar-refractivity contribution in [1.29, 1.82) is 0 Å². The van der Waals surface area contributed by atoms with E-state index in [-0.39, 0.29) is 29.2 Å². The smallest absolute Gasteiger partial charge is 0.344 e. The summed E-state index contributed by atoms with van der Waals surface area (Å²) in [6.45, 7) is 1.63. The van der Waals surface area contributed by atoms with Crippen LogP contribution in [0, 0.1) is 0 Å². The number of para-hydroxylation sites is 1. The van der Waals surface area contributed by atoms with Gasteiger partial charge in [0.1, 0.15) is 22.2 Å². The number of carbonyl (C=O) groups excluding carboxylic acids is 1. The van der Waals surface area contributed by atoms with Crippen LogP contribution in [0.3, 0.4) is 0 Å². The predicted molar refractivity (Wildman–Crippen MR) is 123 cm³/mol. The first kappa shape index (κ1) is 24.6. The number of carbonyl (C=O) groups is 2. The lowest BCUT2D eigenvalue weighted by molar-refractivity contribution is -0.145. The molecule has 34 heavy (non-hydrogen) atoms. The molecule has 2 aromatic carbocycles. The van der Waals surface area contributed by atoms with Gasteiger partial charge in [-0.2, -0.15) is 0 Å². The number of rotatable bonds is 11. The van der Waals surface area contributed by atoms with Crippen LogP contribution in [0.15, 0.2) is 57.0 Å². The minimum absolute atomic E-state index is 0.0235. The van der Waals surface area contributed by atoms with Gasteiger partial charge in [-0.3, -0.25) is 0 Å². The van der Waals surface area contributed by atoms with Crippen molar-refractivity contribution < 1.29 is 38.1 Å². The molecule has 0 amide bonds. The van der Waals surface area contributed by atoms with Crippen molar-refractivity contribution in [3.8, 4) is 28.7 Å². The molecule has 0 saturated carbocycles. The predicted octanol–water partition coefficient (Wildman–Crippen LogP) is 3.91. The van der Waals surface area contributed by atoms with E-state index in [1.54, 1.807) is 49.4 Å². The molecule has 1 N–H and O–H groups in total. The first-order valence-corrected chi connectivity index (χ1v) is 10.8. The number of thioether (sulfide) groups is 1. The molecule has 0 radical (unpaired) electrons. The standard InChI is InChI=1S/C23H22N2O8S/c1-4-31-20(26)13-32-18-8-6-5-7-14(18)11-19(22(27)28)34-23-25-24-21(33-23)15-9-16(29-2)12-17(10-15)30-3/h5-12H,4,13H2,1-3H3,(H,27,28)/b19-11-. The zero-order chi connectivity index (χ0) is 24.5. The second-order valence-corrected chi connectivity index (χ2v) is 7.51. The topological polar surface area (TPSA) is 130 Å². The molecule has 0 aliphatic heterocycles. The number of methoxy groups -OCH3 is 2. The van der Waals surface area contributed by atoms with E-state index in [0.29, 0.717) is 28.4 Å². The summed E-state index contributed by atoms with van der Waals surface area (Å²) in [5, 5.41) is 17.7. The van der Waals surface area contributed by atoms with E-state index < -0.39 is 11.9 Å². The fourth-order valence-corrected chi connectivity index (χ4v) is 3.40. The van der Waals surface area contributed by atoms with Gasteiger partial charge in [-0.15, -0.1) is 10.2 Å². The Hall–Kier alpha value is -3.99. The fraction of sp³-hybridized carbons (Fsp3) is 0.217. The monoisotopic (exact) mass is 486 g/mol. The number of carboxylic acids is 1. The van der Waals surface area contributed by atoms with Crippen LogP contribution in [-0.2, 0) is 14.3 Å². The number of hydrogen-bond donors (Lipinski definition) is 1. The molecule has 1 heterocycles. The second kappa shape index (κ2) is 11.8. The van der Waals surface area contributed by atoms with Gasteiger partial charge in [0.05, 0.1) is 20.8 Å². The van der Waals surface area contributed by atoms with Crippen LogP contribution in [0.1, 0.15) is 12.5 Å². The molecule has 0 aliphatic rings. The van der Waals surface area contributed by atoms with Crippen molar-refractivity contribution in [1.82, 2.24) is 10.2 Å². The molecule has 0 aliphatic carbocycles. The minimum Gasteiger partial charge on any atom is -0.497 e. The highest BCUT2D eigenvalue weighted by atomic mass is 32.2. The summed E-state index contributed by atoms with van der Waals surface area (Å²) in [4.78, 5) is 23.4. The van der Waals surface area contributed by atoms with Crippen LogP contribution in [0.2, 0.25) is 0 Å². The molecule has 0 unspecified atom stereocenters. The van der Waals surface area contributed by atoms with Crippen LogP contribution < -0.4 is 14.2 Å². The Morgan fingerprint density at radius 3 is 2.44 bits per heavy atom. The first-order valence-electron chi connectivity index (χ1n) is 10.0. The number of esters is 1. The van der Waals surface area contributed by atoms with Gasteiger partial charge in [0.2, 0.25) is 5.89 Å². The summed E-state index contributed by atoms with van der Waals surface area (Å²) in [6, 6.07) is 11.8. The molecule has 10 nitrogen and oxygen atoms in total. The van der Waals surface area contributed by atoms with Gasteiger partial charge in [0.15, 0.2) is 6.61 Å². The second-order valence-electron chi connectivity index (χ2n) is 6.52. The quantitative estimate of drug-likeness (QED) is 0.240. The Bertz CT molecular complexity index is 1170. The summed E-state index contributed by atoms with van der Waals surface area (Å²) in [5.41, 5.74) is 1.00. The number of aromatic nitrogens is 2. The van der Waals surface area contributed by atoms with E-state index in [1.807, 2.05) is 0 Å². The van der Waals surface area contributed by atoms with Crippen molar-refractivity contribution in [2.45, 2.75) is 12.1 Å². The van der Waals surface area contributed by atoms with Gasteiger partial charge in [0.25, 0.3) is 5.22 Å². The molecule has 1 aromatic heterocycles. The molecular formula is C23H22N2O8S. The van der Waals surface area contributed by atoms with Crippen molar-refractivity contribution in [3.63, 3.8) is 0 Å². The van der Waals surface area contributed by atoms with Crippen molar-refractivity contribution in [2.24, 2.45) is 0 Å². The largest absolute Gasteiger partial charge is 0.497 e. The summed E-state index contributed by atoms with van der Waals surface area (Å²) in [6.07, 6.45) is 1.39. The average Bonchev–Trinajstić information content (AvgIpc) is 3.31. The number of ether oxygens (including phenoxy) is 4. The zero-order valence-electron chi connectivity index (χ0n) is 18.6. The molecule has 0 atom stereocenters. The highest BCUT2D eigenvalue weighted by Gasteiger charge is 2.18. The lowest BCUT2D eigenvalue weighted by Gasteiger charge is -2.09. The van der Waals surface area contributed by atoms with Crippen molar-refractivity contribution in [3.05, 3.63) is 52.9 Å². The van der Waals surface area contributed by atoms with Gasteiger partial charge < -0.3 is 28.5 Å². The number of nitrogens with zero attached hydrogens (tertiary/aromatic N) is 2. The van der Waals surface area contributed by atoms with Crippen LogP contribution in [0.5, 0.6) is 17.2 Å². The van der Waals surface area contributed by atoms with E-state index in [1.165, 1.54) is 20.3 Å². The summed E-state index contributed by atoms with van der Waals surface area (Å²) >= 11 is 0.780. The third-order valence-corrected chi connectivity index (χ3v) is 5.12. The highest BCUT2D eigenvalue weighted by molar-refractivity contribution is 8.03. The number of hydrogen-bond acceptors (Lipinski definition) is 10. The molecule has 0 fully saturated rings. The van der Waals surface area contributed by atoms with E-state index in [4.69, 9.17) is 23.4 Å². The van der Waals surface area contributed by atoms with Gasteiger partial charge in [-0.25, -0.2) is 9.59 Å². The summed E-state index contributed by atoms with van der Waals surface area (Å²) in [7, 11) is 3.04. The normalized spacial score (nSPS) is 11.1. The van der Waals surface area contributed by atoms with Crippen LogP contribution >= 0.6 is 11.8 Å². The maximum atomic E-state index is 11.9. The molecule has 0 spiro atoms. The number of carboxylic acid groups (broad SMARTS) is 1. The highest BCUT2D eigenvalue weighted by Crippen LogP contribution is 2.34. The molecule has 0 bridgehead atoms. The lowest BCUT2D eigenvalue weighted by Crippen LogP contribution is -2.14. The molecule has 178 valence electrons. The van der Waals surface area contributed by atoms with E-state index in [9.17, 15) is 14.7 Å². The fourth-order valence-electron chi connectivity index (χ4n) is 2.74. The Labute approximate surface area is 199 Å². The van der Waals surface area contributed by atoms with Gasteiger partial charge in [-0.05, 0) is 43.0 Å².